The fourth-order valence-electron chi connectivity index (χ4n) is 1.93. The molecule has 7 nitrogen and oxygen atoms in total. The van der Waals surface area contributed by atoms with Crippen LogP contribution in [0, 0.1) is 0 Å². The zero-order valence-electron chi connectivity index (χ0n) is 12.4. The van der Waals surface area contributed by atoms with Crippen molar-refractivity contribution in [3.05, 3.63) is 40.6 Å². The Balaban J connectivity index is 1.86. The third-order valence-corrected chi connectivity index (χ3v) is 3.90. The predicted molar refractivity (Wildman–Crippen MR) is 85.1 cm³/mol. The average Bonchev–Trinajstić information content (AvgIpc) is 3.26. The van der Waals surface area contributed by atoms with E-state index in [9.17, 15) is 4.79 Å². The summed E-state index contributed by atoms with van der Waals surface area (Å²) >= 11 is 1.33. The second-order valence-electron chi connectivity index (χ2n) is 4.41. The van der Waals surface area contributed by atoms with Crippen molar-refractivity contribution in [1.82, 2.24) is 10.2 Å². The van der Waals surface area contributed by atoms with Crippen molar-refractivity contribution >= 4 is 23.3 Å². The van der Waals surface area contributed by atoms with Crippen molar-refractivity contribution in [2.45, 2.75) is 0 Å². The first-order valence-electron chi connectivity index (χ1n) is 6.62. The van der Waals surface area contributed by atoms with Crippen LogP contribution >= 0.6 is 11.3 Å². The molecule has 0 radical (unpaired) electrons. The number of ether oxygens (including phenoxy) is 2. The average molecular weight is 331 g/mol. The summed E-state index contributed by atoms with van der Waals surface area (Å²) in [4.78, 5) is 12.5. The van der Waals surface area contributed by atoms with Crippen molar-refractivity contribution in [3.63, 3.8) is 0 Å². The van der Waals surface area contributed by atoms with E-state index in [2.05, 4.69) is 15.5 Å². The molecule has 2 aromatic heterocycles. The number of carbonyl (C=O) groups excluding carboxylic acids is 1. The first kappa shape index (κ1) is 15.0. The molecule has 0 aliphatic carbocycles. The Hall–Kier alpha value is -2.87. The normalized spacial score (nSPS) is 10.3. The molecule has 8 heteroatoms. The van der Waals surface area contributed by atoms with Gasteiger partial charge in [-0.15, -0.1) is 16.4 Å². The molecule has 0 aliphatic heterocycles. The number of nitrogens with one attached hydrogen (secondary N) is 1. The van der Waals surface area contributed by atoms with Crippen LogP contribution in [0.15, 0.2) is 40.1 Å². The lowest BCUT2D eigenvalue weighted by Gasteiger charge is -2.07. The number of amides is 1. The lowest BCUT2D eigenvalue weighted by Crippen LogP contribution is -2.10. The molecule has 23 heavy (non-hydrogen) atoms. The number of anilines is 1. The summed E-state index contributed by atoms with van der Waals surface area (Å²) in [5.74, 6) is 1.11. The highest BCUT2D eigenvalue weighted by Crippen LogP contribution is 2.33. The first-order chi connectivity index (χ1) is 11.2. The van der Waals surface area contributed by atoms with Crippen LogP contribution in [0.25, 0.3) is 11.5 Å². The molecular weight excluding hydrogens is 318 g/mol. The molecule has 3 rings (SSSR count). The Labute approximate surface area is 135 Å². The maximum absolute atomic E-state index is 12.0. The van der Waals surface area contributed by atoms with Gasteiger partial charge in [0.15, 0.2) is 0 Å². The Morgan fingerprint density at radius 2 is 2.09 bits per heavy atom. The van der Waals surface area contributed by atoms with E-state index in [1.54, 1.807) is 44.6 Å². The highest BCUT2D eigenvalue weighted by Gasteiger charge is 2.17. The molecule has 0 aliphatic rings. The molecule has 0 saturated heterocycles. The Bertz CT molecular complexity index is 814. The van der Waals surface area contributed by atoms with Crippen molar-refractivity contribution in [2.24, 2.45) is 0 Å². The van der Waals surface area contributed by atoms with Gasteiger partial charge >= 0.3 is 6.01 Å². The van der Waals surface area contributed by atoms with Crippen LogP contribution in [0.2, 0.25) is 0 Å². The number of carbonyl (C=O) groups is 1. The van der Waals surface area contributed by atoms with Crippen LogP contribution in [0.1, 0.15) is 9.67 Å². The van der Waals surface area contributed by atoms with E-state index in [1.165, 1.54) is 11.3 Å². The van der Waals surface area contributed by atoms with Crippen molar-refractivity contribution in [1.29, 1.82) is 0 Å². The van der Waals surface area contributed by atoms with E-state index >= 15 is 0 Å². The molecule has 1 amide bonds. The molecular formula is C15H13N3O4S. The van der Waals surface area contributed by atoms with Crippen LogP contribution < -0.4 is 14.8 Å². The molecule has 0 spiro atoms. The van der Waals surface area contributed by atoms with E-state index in [4.69, 9.17) is 13.9 Å². The SMILES string of the molecule is COc1ccc(OC)c(-c2nnc(NC(=O)c3cccs3)o2)c1. The van der Waals surface area contributed by atoms with Crippen molar-refractivity contribution in [3.8, 4) is 23.0 Å². The van der Waals surface area contributed by atoms with Gasteiger partial charge in [0.1, 0.15) is 11.5 Å². The molecule has 0 fully saturated rings. The maximum Gasteiger partial charge on any atom is 0.322 e. The van der Waals surface area contributed by atoms with Gasteiger partial charge in [-0.3, -0.25) is 10.1 Å². The number of nitrogens with zero attached hydrogens (tertiary/aromatic N) is 2. The topological polar surface area (TPSA) is 86.5 Å². The van der Waals surface area contributed by atoms with Gasteiger partial charge < -0.3 is 13.9 Å². The highest BCUT2D eigenvalue weighted by atomic mass is 32.1. The van der Waals surface area contributed by atoms with Gasteiger partial charge in [-0.25, -0.2) is 0 Å². The van der Waals surface area contributed by atoms with Crippen molar-refractivity contribution < 1.29 is 18.7 Å². The van der Waals surface area contributed by atoms with Gasteiger partial charge in [0.2, 0.25) is 0 Å². The summed E-state index contributed by atoms with van der Waals surface area (Å²) in [6.45, 7) is 0. The van der Waals surface area contributed by atoms with E-state index in [-0.39, 0.29) is 17.8 Å². The quantitative estimate of drug-likeness (QED) is 0.773. The van der Waals surface area contributed by atoms with E-state index < -0.39 is 0 Å². The number of methoxy groups -OCH3 is 2. The minimum absolute atomic E-state index is 0.0169. The molecule has 0 saturated carbocycles. The first-order valence-corrected chi connectivity index (χ1v) is 7.50. The third-order valence-electron chi connectivity index (χ3n) is 3.03. The maximum atomic E-state index is 12.0. The van der Waals surface area contributed by atoms with Crippen molar-refractivity contribution in [2.75, 3.05) is 19.5 Å². The molecule has 0 unspecified atom stereocenters. The Morgan fingerprint density at radius 3 is 2.78 bits per heavy atom. The minimum Gasteiger partial charge on any atom is -0.497 e. The number of hydrogen-bond acceptors (Lipinski definition) is 7. The van der Waals surface area contributed by atoms with E-state index in [0.717, 1.165) is 0 Å². The molecule has 0 bridgehead atoms. The van der Waals surface area contributed by atoms with Crippen LogP contribution in [-0.2, 0) is 0 Å². The highest BCUT2D eigenvalue weighted by molar-refractivity contribution is 7.12. The summed E-state index contributed by atoms with van der Waals surface area (Å²) < 4.78 is 16.0. The van der Waals surface area contributed by atoms with Gasteiger partial charge in [0, 0.05) is 0 Å². The van der Waals surface area contributed by atoms with Gasteiger partial charge in [0.25, 0.3) is 11.8 Å². The van der Waals surface area contributed by atoms with Gasteiger partial charge in [-0.05, 0) is 29.6 Å². The number of aromatic nitrogens is 2. The molecule has 0 atom stereocenters. The number of thiophene rings is 1. The summed E-state index contributed by atoms with van der Waals surface area (Å²) in [6.07, 6.45) is 0. The van der Waals surface area contributed by atoms with Crippen LogP contribution in [0.3, 0.4) is 0 Å². The van der Waals surface area contributed by atoms with E-state index in [1.807, 2.05) is 5.38 Å². The number of rotatable bonds is 5. The number of benzene rings is 1. The van der Waals surface area contributed by atoms with Gasteiger partial charge in [-0.2, -0.15) is 0 Å². The largest absolute Gasteiger partial charge is 0.497 e. The second kappa shape index (κ2) is 6.49. The monoisotopic (exact) mass is 331 g/mol. The smallest absolute Gasteiger partial charge is 0.322 e. The minimum atomic E-state index is -0.298. The van der Waals surface area contributed by atoms with Crippen LogP contribution in [-0.4, -0.2) is 30.3 Å². The Morgan fingerprint density at radius 1 is 1.22 bits per heavy atom. The fourth-order valence-corrected chi connectivity index (χ4v) is 2.55. The molecule has 3 aromatic rings. The predicted octanol–water partition coefficient (Wildman–Crippen LogP) is 3.07. The van der Waals surface area contributed by atoms with Crippen LogP contribution in [0.5, 0.6) is 11.5 Å². The van der Waals surface area contributed by atoms with Gasteiger partial charge in [-0.1, -0.05) is 11.2 Å². The number of hydrogen-bond donors (Lipinski definition) is 1. The molecule has 2 heterocycles. The summed E-state index contributed by atoms with van der Waals surface area (Å²) in [5, 5.41) is 12.1. The molecule has 118 valence electrons. The summed E-state index contributed by atoms with van der Waals surface area (Å²) in [5.41, 5.74) is 0.580. The summed E-state index contributed by atoms with van der Waals surface area (Å²) in [7, 11) is 3.10. The third kappa shape index (κ3) is 3.16. The van der Waals surface area contributed by atoms with Crippen LogP contribution in [0.4, 0.5) is 6.01 Å². The standard InChI is InChI=1S/C15H13N3O4S/c1-20-9-5-6-11(21-2)10(8-9)14-17-18-15(22-14)16-13(19)12-4-3-7-23-12/h3-8H,1-2H3,(H,16,18,19). The molecule has 1 N–H and O–H groups in total. The fraction of sp³-hybridized carbons (Fsp3) is 0.133. The Kier molecular flexibility index (Phi) is 4.24. The second-order valence-corrected chi connectivity index (χ2v) is 5.36. The van der Waals surface area contributed by atoms with Gasteiger partial charge in [0.05, 0.1) is 24.7 Å². The lowest BCUT2D eigenvalue weighted by molar-refractivity contribution is 0.102. The molecule has 1 aromatic carbocycles. The van der Waals surface area contributed by atoms with E-state index in [0.29, 0.717) is 21.9 Å². The zero-order chi connectivity index (χ0) is 16.2. The summed E-state index contributed by atoms with van der Waals surface area (Å²) in [6, 6.07) is 8.74. The zero-order valence-corrected chi connectivity index (χ0v) is 13.2. The lowest BCUT2D eigenvalue weighted by atomic mass is 10.2.